The quantitative estimate of drug-likeness (QED) is 0.868. The van der Waals surface area contributed by atoms with Crippen molar-refractivity contribution in [1.29, 1.82) is 0 Å². The number of aromatic nitrogens is 1. The Bertz CT molecular complexity index is 621. The summed E-state index contributed by atoms with van der Waals surface area (Å²) in [7, 11) is 0. The zero-order valence-electron chi connectivity index (χ0n) is 13.4. The predicted molar refractivity (Wildman–Crippen MR) is 91.8 cm³/mol. The summed E-state index contributed by atoms with van der Waals surface area (Å²) < 4.78 is 11.1. The molecule has 0 spiro atoms. The molecule has 6 nitrogen and oxygen atoms in total. The van der Waals surface area contributed by atoms with Crippen LogP contribution in [0.25, 0.3) is 0 Å². The van der Waals surface area contributed by atoms with Gasteiger partial charge in [0.15, 0.2) is 0 Å². The van der Waals surface area contributed by atoms with Crippen LogP contribution in [0.2, 0.25) is 0 Å². The second-order valence-electron chi connectivity index (χ2n) is 5.58. The summed E-state index contributed by atoms with van der Waals surface area (Å²) in [6.45, 7) is 3.41. The lowest BCUT2D eigenvalue weighted by molar-refractivity contribution is -0.0271. The van der Waals surface area contributed by atoms with Gasteiger partial charge in [-0.2, -0.15) is 0 Å². The van der Waals surface area contributed by atoms with E-state index in [4.69, 9.17) is 9.47 Å². The molecule has 1 aliphatic heterocycles. The number of benzene rings is 1. The lowest BCUT2D eigenvalue weighted by Gasteiger charge is -2.32. The highest BCUT2D eigenvalue weighted by Crippen LogP contribution is 2.09. The summed E-state index contributed by atoms with van der Waals surface area (Å²) in [5.41, 5.74) is 2.81. The van der Waals surface area contributed by atoms with E-state index in [1.165, 1.54) is 4.88 Å². The Kier molecular flexibility index (Phi) is 6.17. The molecule has 3 rings (SSSR count). The Morgan fingerprint density at radius 1 is 1.42 bits per heavy atom. The van der Waals surface area contributed by atoms with Gasteiger partial charge in [-0.25, -0.2) is 4.79 Å². The number of ether oxygens (including phenoxy) is 2. The van der Waals surface area contributed by atoms with Gasteiger partial charge in [0, 0.05) is 30.7 Å². The number of thiazole rings is 1. The lowest BCUT2D eigenvalue weighted by atomic mass is 10.2. The minimum atomic E-state index is -0.283. The van der Waals surface area contributed by atoms with Crippen LogP contribution in [0.5, 0.6) is 0 Å². The Hall–Kier alpha value is -1.96. The van der Waals surface area contributed by atoms with Crippen molar-refractivity contribution in [2.45, 2.75) is 19.3 Å². The van der Waals surface area contributed by atoms with Crippen LogP contribution in [0.3, 0.4) is 0 Å². The molecule has 0 bridgehead atoms. The van der Waals surface area contributed by atoms with E-state index in [-0.39, 0.29) is 12.2 Å². The van der Waals surface area contributed by atoms with E-state index in [1.807, 2.05) is 42.0 Å². The molecular formula is C17H21N3O3S. The zero-order valence-corrected chi connectivity index (χ0v) is 14.2. The molecule has 0 radical (unpaired) electrons. The van der Waals surface area contributed by atoms with Crippen LogP contribution in [-0.2, 0) is 22.6 Å². The molecule has 0 saturated carbocycles. The van der Waals surface area contributed by atoms with E-state index in [1.54, 1.807) is 16.2 Å². The Morgan fingerprint density at radius 2 is 2.29 bits per heavy atom. The predicted octanol–water partition coefficient (Wildman–Crippen LogP) is 2.27. The number of nitrogens with zero attached hydrogens (tertiary/aromatic N) is 2. The summed E-state index contributed by atoms with van der Waals surface area (Å²) in [4.78, 5) is 19.1. The van der Waals surface area contributed by atoms with Crippen LogP contribution in [0.4, 0.5) is 4.79 Å². The molecule has 1 atom stereocenters. The van der Waals surface area contributed by atoms with Crippen molar-refractivity contribution in [2.24, 2.45) is 0 Å². The number of morpholine rings is 1. The number of nitrogens with one attached hydrogen (secondary N) is 1. The number of carbonyl (C=O) groups is 1. The number of hydrogen-bond donors (Lipinski definition) is 1. The van der Waals surface area contributed by atoms with Crippen molar-refractivity contribution in [3.8, 4) is 0 Å². The molecule has 1 aromatic heterocycles. The van der Waals surface area contributed by atoms with Crippen molar-refractivity contribution in [3.63, 3.8) is 0 Å². The standard InChI is InChI=1S/C17H21N3O3S/c21-17(23-12-14-4-2-1-3-5-14)20-6-7-22-15(11-20)8-18-9-16-10-19-13-24-16/h1-5,10,13,15,18H,6-9,11-12H2. The fourth-order valence-corrected chi connectivity index (χ4v) is 3.07. The molecule has 7 heteroatoms. The molecule has 128 valence electrons. The molecule has 24 heavy (non-hydrogen) atoms. The van der Waals surface area contributed by atoms with Crippen molar-refractivity contribution < 1.29 is 14.3 Å². The van der Waals surface area contributed by atoms with Gasteiger partial charge < -0.3 is 19.7 Å². The molecular weight excluding hydrogens is 326 g/mol. The SMILES string of the molecule is O=C(OCc1ccccc1)N1CCOC(CNCc2cncs2)C1. The molecule has 0 aliphatic carbocycles. The van der Waals surface area contributed by atoms with E-state index < -0.39 is 0 Å². The number of hydrogen-bond acceptors (Lipinski definition) is 6. The summed E-state index contributed by atoms with van der Waals surface area (Å²) in [6, 6.07) is 9.69. The van der Waals surface area contributed by atoms with E-state index in [2.05, 4.69) is 10.3 Å². The average Bonchev–Trinajstić information content (AvgIpc) is 3.14. The molecule has 1 aromatic carbocycles. The van der Waals surface area contributed by atoms with E-state index >= 15 is 0 Å². The Morgan fingerprint density at radius 3 is 3.08 bits per heavy atom. The molecule has 2 heterocycles. The second-order valence-corrected chi connectivity index (χ2v) is 6.55. The molecule has 1 fully saturated rings. The first kappa shape index (κ1) is 16.9. The highest BCUT2D eigenvalue weighted by atomic mass is 32.1. The van der Waals surface area contributed by atoms with E-state index in [9.17, 15) is 4.79 Å². The highest BCUT2D eigenvalue weighted by molar-refractivity contribution is 7.09. The maximum absolute atomic E-state index is 12.2. The number of rotatable bonds is 6. The van der Waals surface area contributed by atoms with Gasteiger partial charge in [-0.05, 0) is 5.56 Å². The molecule has 1 unspecified atom stereocenters. The second kappa shape index (κ2) is 8.77. The maximum atomic E-state index is 12.2. The number of amides is 1. The van der Waals surface area contributed by atoms with Gasteiger partial charge in [0.25, 0.3) is 0 Å². The zero-order chi connectivity index (χ0) is 16.6. The molecule has 1 aliphatic rings. The van der Waals surface area contributed by atoms with Crippen LogP contribution >= 0.6 is 11.3 Å². The van der Waals surface area contributed by atoms with E-state index in [0.29, 0.717) is 32.8 Å². The Labute approximate surface area is 145 Å². The van der Waals surface area contributed by atoms with Crippen LogP contribution in [-0.4, -0.2) is 48.3 Å². The number of carbonyl (C=O) groups excluding carboxylic acids is 1. The lowest BCUT2D eigenvalue weighted by Crippen LogP contribution is -2.49. The first-order chi connectivity index (χ1) is 11.8. The van der Waals surface area contributed by atoms with Gasteiger partial charge in [-0.15, -0.1) is 11.3 Å². The van der Waals surface area contributed by atoms with Gasteiger partial charge >= 0.3 is 6.09 Å². The van der Waals surface area contributed by atoms with Crippen molar-refractivity contribution in [3.05, 3.63) is 52.5 Å². The Balaban J connectivity index is 1.40. The van der Waals surface area contributed by atoms with Crippen molar-refractivity contribution >= 4 is 17.4 Å². The third-order valence-electron chi connectivity index (χ3n) is 3.76. The molecule has 2 aromatic rings. The topological polar surface area (TPSA) is 63.7 Å². The fourth-order valence-electron chi connectivity index (χ4n) is 2.51. The van der Waals surface area contributed by atoms with Crippen LogP contribution < -0.4 is 5.32 Å². The van der Waals surface area contributed by atoms with Gasteiger partial charge in [0.1, 0.15) is 6.61 Å². The van der Waals surface area contributed by atoms with Gasteiger partial charge in [-0.1, -0.05) is 30.3 Å². The van der Waals surface area contributed by atoms with Crippen LogP contribution in [0.15, 0.2) is 42.0 Å². The summed E-state index contributed by atoms with van der Waals surface area (Å²) in [6.07, 6.45) is 1.55. The van der Waals surface area contributed by atoms with Gasteiger partial charge in [0.2, 0.25) is 0 Å². The minimum absolute atomic E-state index is 0.0176. The van der Waals surface area contributed by atoms with Crippen LogP contribution in [0.1, 0.15) is 10.4 Å². The first-order valence-corrected chi connectivity index (χ1v) is 8.84. The third kappa shape index (κ3) is 5.02. The van der Waals surface area contributed by atoms with Crippen LogP contribution in [0, 0.1) is 0 Å². The van der Waals surface area contributed by atoms with Gasteiger partial charge in [0.05, 0.1) is 24.8 Å². The molecule has 1 saturated heterocycles. The minimum Gasteiger partial charge on any atom is -0.445 e. The maximum Gasteiger partial charge on any atom is 0.410 e. The highest BCUT2D eigenvalue weighted by Gasteiger charge is 2.25. The van der Waals surface area contributed by atoms with Crippen molar-refractivity contribution in [2.75, 3.05) is 26.2 Å². The largest absolute Gasteiger partial charge is 0.445 e. The molecule has 1 N–H and O–H groups in total. The average molecular weight is 347 g/mol. The van der Waals surface area contributed by atoms with Crippen molar-refractivity contribution in [1.82, 2.24) is 15.2 Å². The van der Waals surface area contributed by atoms with Gasteiger partial charge in [-0.3, -0.25) is 4.98 Å². The first-order valence-electron chi connectivity index (χ1n) is 7.96. The smallest absolute Gasteiger partial charge is 0.410 e. The van der Waals surface area contributed by atoms with E-state index in [0.717, 1.165) is 12.1 Å². The summed E-state index contributed by atoms with van der Waals surface area (Å²) >= 11 is 1.62. The third-order valence-corrected chi connectivity index (χ3v) is 4.54. The normalized spacial score (nSPS) is 17.7. The monoisotopic (exact) mass is 347 g/mol. The fraction of sp³-hybridized carbons (Fsp3) is 0.412. The summed E-state index contributed by atoms with van der Waals surface area (Å²) in [5.74, 6) is 0. The molecule has 1 amide bonds. The summed E-state index contributed by atoms with van der Waals surface area (Å²) in [5, 5.41) is 3.34.